The maximum Gasteiger partial charge on any atom is 0.0300 e. The Morgan fingerprint density at radius 2 is 2.06 bits per heavy atom. The summed E-state index contributed by atoms with van der Waals surface area (Å²) in [4.78, 5) is 4.16. The first kappa shape index (κ1) is 12.8. The summed E-state index contributed by atoms with van der Waals surface area (Å²) in [5.74, 6) is 0.370. The third kappa shape index (κ3) is 2.96. The molecule has 0 radical (unpaired) electrons. The molecule has 1 heterocycles. The van der Waals surface area contributed by atoms with E-state index in [-0.39, 0.29) is 0 Å². The molecule has 2 heteroatoms. The van der Waals surface area contributed by atoms with Crippen molar-refractivity contribution >= 4 is 0 Å². The van der Waals surface area contributed by atoms with Crippen LogP contribution in [0.3, 0.4) is 0 Å². The highest BCUT2D eigenvalue weighted by molar-refractivity contribution is 5.34. The van der Waals surface area contributed by atoms with E-state index in [0.717, 1.165) is 6.42 Å². The third-order valence-electron chi connectivity index (χ3n) is 3.35. The third-order valence-corrected chi connectivity index (χ3v) is 3.35. The average Bonchev–Trinajstić information content (AvgIpc) is 2.38. The SMILES string of the molecule is Cc1ccc(C(CN)Cc2cccnc2)c(C)c1. The fraction of sp³-hybridized carbons (Fsp3) is 0.312. The van der Waals surface area contributed by atoms with Crippen LogP contribution >= 0.6 is 0 Å². The summed E-state index contributed by atoms with van der Waals surface area (Å²) in [5.41, 5.74) is 11.2. The first-order chi connectivity index (χ1) is 8.70. The van der Waals surface area contributed by atoms with Crippen molar-refractivity contribution in [3.05, 3.63) is 65.0 Å². The topological polar surface area (TPSA) is 38.9 Å². The number of benzene rings is 1. The van der Waals surface area contributed by atoms with E-state index >= 15 is 0 Å². The standard InChI is InChI=1S/C16H20N2/c1-12-5-6-16(13(2)8-12)15(10-17)9-14-4-3-7-18-11-14/h3-8,11,15H,9-10,17H2,1-2H3. The monoisotopic (exact) mass is 240 g/mol. The van der Waals surface area contributed by atoms with Gasteiger partial charge in [0, 0.05) is 18.3 Å². The zero-order valence-electron chi connectivity index (χ0n) is 11.1. The molecule has 0 saturated carbocycles. The van der Waals surface area contributed by atoms with Gasteiger partial charge < -0.3 is 5.73 Å². The highest BCUT2D eigenvalue weighted by atomic mass is 14.6. The van der Waals surface area contributed by atoms with E-state index in [4.69, 9.17) is 5.73 Å². The zero-order valence-corrected chi connectivity index (χ0v) is 11.1. The molecule has 0 saturated heterocycles. The molecular weight excluding hydrogens is 220 g/mol. The van der Waals surface area contributed by atoms with Gasteiger partial charge in [-0.1, -0.05) is 29.8 Å². The molecule has 2 nitrogen and oxygen atoms in total. The van der Waals surface area contributed by atoms with E-state index in [1.165, 1.54) is 22.3 Å². The van der Waals surface area contributed by atoms with E-state index < -0.39 is 0 Å². The molecular formula is C16H20N2. The van der Waals surface area contributed by atoms with Gasteiger partial charge in [-0.3, -0.25) is 4.98 Å². The number of rotatable bonds is 4. The summed E-state index contributed by atoms with van der Waals surface area (Å²) < 4.78 is 0. The molecule has 2 rings (SSSR count). The van der Waals surface area contributed by atoms with Crippen molar-refractivity contribution < 1.29 is 0 Å². The fourth-order valence-corrected chi connectivity index (χ4v) is 2.41. The van der Waals surface area contributed by atoms with Gasteiger partial charge in [0.1, 0.15) is 0 Å². The van der Waals surface area contributed by atoms with Crippen molar-refractivity contribution in [1.29, 1.82) is 0 Å². The molecule has 0 aliphatic rings. The number of aryl methyl sites for hydroxylation is 2. The lowest BCUT2D eigenvalue weighted by Crippen LogP contribution is -2.16. The van der Waals surface area contributed by atoms with Gasteiger partial charge in [-0.15, -0.1) is 0 Å². The van der Waals surface area contributed by atoms with Crippen LogP contribution in [0, 0.1) is 13.8 Å². The second kappa shape index (κ2) is 5.78. The smallest absolute Gasteiger partial charge is 0.0300 e. The Morgan fingerprint density at radius 1 is 1.22 bits per heavy atom. The Labute approximate surface area is 109 Å². The van der Waals surface area contributed by atoms with Crippen molar-refractivity contribution in [2.45, 2.75) is 26.2 Å². The number of nitrogens with two attached hydrogens (primary N) is 1. The number of pyridine rings is 1. The second-order valence-electron chi connectivity index (χ2n) is 4.86. The minimum absolute atomic E-state index is 0.370. The fourth-order valence-electron chi connectivity index (χ4n) is 2.41. The second-order valence-corrected chi connectivity index (χ2v) is 4.86. The van der Waals surface area contributed by atoms with Crippen molar-refractivity contribution in [1.82, 2.24) is 4.98 Å². The summed E-state index contributed by atoms with van der Waals surface area (Å²) in [6.07, 6.45) is 4.68. The van der Waals surface area contributed by atoms with Crippen LogP contribution in [0.25, 0.3) is 0 Å². The molecule has 0 amide bonds. The van der Waals surface area contributed by atoms with Crippen LogP contribution in [0.4, 0.5) is 0 Å². The average molecular weight is 240 g/mol. The van der Waals surface area contributed by atoms with Crippen molar-refractivity contribution in [2.24, 2.45) is 5.73 Å². The Balaban J connectivity index is 2.23. The van der Waals surface area contributed by atoms with Gasteiger partial charge in [0.25, 0.3) is 0 Å². The Hall–Kier alpha value is -1.67. The van der Waals surface area contributed by atoms with E-state index in [1.54, 1.807) is 6.20 Å². The maximum atomic E-state index is 5.94. The maximum absolute atomic E-state index is 5.94. The predicted octanol–water partition coefficient (Wildman–Crippen LogP) is 2.98. The van der Waals surface area contributed by atoms with Gasteiger partial charge in [0.2, 0.25) is 0 Å². The highest BCUT2D eigenvalue weighted by Gasteiger charge is 2.13. The largest absolute Gasteiger partial charge is 0.330 e. The van der Waals surface area contributed by atoms with E-state index in [0.29, 0.717) is 12.5 Å². The molecule has 0 bridgehead atoms. The quantitative estimate of drug-likeness (QED) is 0.892. The van der Waals surface area contributed by atoms with Crippen LogP contribution in [-0.2, 0) is 6.42 Å². The first-order valence-corrected chi connectivity index (χ1v) is 6.37. The van der Waals surface area contributed by atoms with Crippen molar-refractivity contribution in [3.63, 3.8) is 0 Å². The minimum atomic E-state index is 0.370. The predicted molar refractivity (Wildman–Crippen MR) is 75.7 cm³/mol. The van der Waals surface area contributed by atoms with Gasteiger partial charge in [0.05, 0.1) is 0 Å². The number of nitrogens with zero attached hydrogens (tertiary/aromatic N) is 1. The van der Waals surface area contributed by atoms with Gasteiger partial charge >= 0.3 is 0 Å². The molecule has 0 spiro atoms. The molecule has 0 aliphatic heterocycles. The van der Waals surface area contributed by atoms with Crippen LogP contribution in [0.5, 0.6) is 0 Å². The van der Waals surface area contributed by atoms with Crippen LogP contribution in [0.15, 0.2) is 42.7 Å². The molecule has 1 unspecified atom stereocenters. The van der Waals surface area contributed by atoms with Crippen molar-refractivity contribution in [3.8, 4) is 0 Å². The molecule has 18 heavy (non-hydrogen) atoms. The normalized spacial score (nSPS) is 12.4. The van der Waals surface area contributed by atoms with Gasteiger partial charge in [0.15, 0.2) is 0 Å². The molecule has 2 aromatic rings. The summed E-state index contributed by atoms with van der Waals surface area (Å²) in [7, 11) is 0. The van der Waals surface area contributed by atoms with E-state index in [2.05, 4.69) is 43.1 Å². The number of hydrogen-bond acceptors (Lipinski definition) is 2. The van der Waals surface area contributed by atoms with Crippen molar-refractivity contribution in [2.75, 3.05) is 6.54 Å². The van der Waals surface area contributed by atoms with Gasteiger partial charge in [-0.25, -0.2) is 0 Å². The molecule has 1 atom stereocenters. The van der Waals surface area contributed by atoms with Crippen LogP contribution in [0.1, 0.15) is 28.2 Å². The zero-order chi connectivity index (χ0) is 13.0. The summed E-state index contributed by atoms with van der Waals surface area (Å²) in [6, 6.07) is 10.7. The molecule has 0 fully saturated rings. The summed E-state index contributed by atoms with van der Waals surface area (Å²) in [5, 5.41) is 0. The van der Waals surface area contributed by atoms with Crippen LogP contribution < -0.4 is 5.73 Å². The van der Waals surface area contributed by atoms with Gasteiger partial charge in [-0.2, -0.15) is 0 Å². The number of hydrogen-bond donors (Lipinski definition) is 1. The molecule has 2 N–H and O–H groups in total. The lowest BCUT2D eigenvalue weighted by molar-refractivity contribution is 0.688. The first-order valence-electron chi connectivity index (χ1n) is 6.37. The van der Waals surface area contributed by atoms with Crippen LogP contribution in [-0.4, -0.2) is 11.5 Å². The highest BCUT2D eigenvalue weighted by Crippen LogP contribution is 2.23. The van der Waals surface area contributed by atoms with E-state index in [1.807, 2.05) is 12.3 Å². The lowest BCUT2D eigenvalue weighted by atomic mass is 9.89. The number of aromatic nitrogens is 1. The molecule has 1 aromatic heterocycles. The lowest BCUT2D eigenvalue weighted by Gasteiger charge is -2.18. The Kier molecular flexibility index (Phi) is 4.11. The summed E-state index contributed by atoms with van der Waals surface area (Å²) >= 11 is 0. The van der Waals surface area contributed by atoms with E-state index in [9.17, 15) is 0 Å². The van der Waals surface area contributed by atoms with Gasteiger partial charge in [-0.05, 0) is 49.6 Å². The molecule has 94 valence electrons. The minimum Gasteiger partial charge on any atom is -0.330 e. The summed E-state index contributed by atoms with van der Waals surface area (Å²) in [6.45, 7) is 4.95. The van der Waals surface area contributed by atoms with Crippen LogP contribution in [0.2, 0.25) is 0 Å². The Bertz CT molecular complexity index is 506. The molecule has 0 aliphatic carbocycles. The molecule has 1 aromatic carbocycles. The Morgan fingerprint density at radius 3 is 2.67 bits per heavy atom.